The number of aromatic nitrogens is 2. The summed E-state index contributed by atoms with van der Waals surface area (Å²) in [6.07, 6.45) is 1.73. The first-order chi connectivity index (χ1) is 14.0. The zero-order chi connectivity index (χ0) is 21.0. The molecule has 0 unspecified atom stereocenters. The number of fused-ring (bicyclic) bond motifs is 1. The third kappa shape index (κ3) is 4.31. The number of carboxylic acids is 1. The lowest BCUT2D eigenvalue weighted by molar-refractivity contribution is 0.0699. The molecule has 29 heavy (non-hydrogen) atoms. The molecule has 0 bridgehead atoms. The molecule has 0 spiro atoms. The Bertz CT molecular complexity index is 1130. The van der Waals surface area contributed by atoms with Gasteiger partial charge in [0.2, 0.25) is 0 Å². The molecule has 1 amide bonds. The minimum Gasteiger partial charge on any atom is -0.478 e. The van der Waals surface area contributed by atoms with Crippen LogP contribution in [0.1, 0.15) is 34.7 Å². The lowest BCUT2D eigenvalue weighted by atomic mass is 10.1. The second-order valence-electron chi connectivity index (χ2n) is 5.72. The maximum absolute atomic E-state index is 12.6. The molecule has 148 valence electrons. The van der Waals surface area contributed by atoms with Gasteiger partial charge in [-0.05, 0) is 35.9 Å². The van der Waals surface area contributed by atoms with E-state index in [4.69, 9.17) is 11.6 Å². The molecule has 8 heteroatoms. The van der Waals surface area contributed by atoms with E-state index in [2.05, 4.69) is 10.4 Å². The largest absolute Gasteiger partial charge is 0.478 e. The number of amides is 1. The van der Waals surface area contributed by atoms with Gasteiger partial charge in [-0.3, -0.25) is 4.79 Å². The van der Waals surface area contributed by atoms with E-state index in [1.54, 1.807) is 46.4 Å². The number of hydrogen-bond acceptors (Lipinski definition) is 4. The summed E-state index contributed by atoms with van der Waals surface area (Å²) in [5, 5.41) is 18.7. The average molecular weight is 428 g/mol. The molecule has 3 aromatic heterocycles. The van der Waals surface area contributed by atoms with Crippen molar-refractivity contribution in [3.63, 3.8) is 0 Å². The first kappa shape index (κ1) is 20.6. The monoisotopic (exact) mass is 427 g/mol. The van der Waals surface area contributed by atoms with Gasteiger partial charge in [0.05, 0.1) is 16.1 Å². The number of rotatable bonds is 4. The van der Waals surface area contributed by atoms with Crippen molar-refractivity contribution in [1.82, 2.24) is 9.61 Å². The van der Waals surface area contributed by atoms with Gasteiger partial charge in [-0.25, -0.2) is 9.31 Å². The first-order valence-corrected chi connectivity index (χ1v) is 10.1. The number of pyridine rings is 1. The highest BCUT2D eigenvalue weighted by molar-refractivity contribution is 7.14. The van der Waals surface area contributed by atoms with Crippen molar-refractivity contribution in [3.05, 3.63) is 76.4 Å². The molecule has 6 nitrogen and oxygen atoms in total. The Labute approximate surface area is 176 Å². The van der Waals surface area contributed by atoms with Crippen LogP contribution in [0.25, 0.3) is 16.0 Å². The number of benzene rings is 1. The normalized spacial score (nSPS) is 10.3. The number of nitrogens with one attached hydrogen (secondary N) is 1. The van der Waals surface area contributed by atoms with Gasteiger partial charge in [-0.1, -0.05) is 43.6 Å². The lowest BCUT2D eigenvalue weighted by Gasteiger charge is -2.05. The Balaban J connectivity index is 0.00000117. The predicted molar refractivity (Wildman–Crippen MR) is 116 cm³/mol. The quantitative estimate of drug-likeness (QED) is 0.438. The van der Waals surface area contributed by atoms with Crippen LogP contribution in [0, 0.1) is 0 Å². The fourth-order valence-corrected chi connectivity index (χ4v) is 3.84. The highest BCUT2D eigenvalue weighted by Gasteiger charge is 2.22. The first-order valence-electron chi connectivity index (χ1n) is 8.89. The van der Waals surface area contributed by atoms with E-state index in [9.17, 15) is 14.7 Å². The highest BCUT2D eigenvalue weighted by atomic mass is 35.5. The van der Waals surface area contributed by atoms with E-state index in [0.29, 0.717) is 9.90 Å². The van der Waals surface area contributed by atoms with Crippen LogP contribution < -0.4 is 5.32 Å². The molecule has 4 rings (SSSR count). The summed E-state index contributed by atoms with van der Waals surface area (Å²) in [6.45, 7) is 4.00. The Kier molecular flexibility index (Phi) is 6.31. The van der Waals surface area contributed by atoms with Gasteiger partial charge >= 0.3 is 5.97 Å². The van der Waals surface area contributed by atoms with Gasteiger partial charge in [0.15, 0.2) is 5.69 Å². The van der Waals surface area contributed by atoms with Crippen LogP contribution in [-0.2, 0) is 0 Å². The third-order valence-electron chi connectivity index (χ3n) is 3.96. The lowest BCUT2D eigenvalue weighted by Crippen LogP contribution is -2.14. The van der Waals surface area contributed by atoms with Gasteiger partial charge < -0.3 is 10.4 Å². The van der Waals surface area contributed by atoms with Crippen LogP contribution in [0.15, 0.2) is 60.1 Å². The topological polar surface area (TPSA) is 83.7 Å². The van der Waals surface area contributed by atoms with E-state index in [-0.39, 0.29) is 16.9 Å². The van der Waals surface area contributed by atoms with E-state index in [0.717, 1.165) is 11.1 Å². The number of carbonyl (C=O) groups is 2. The second-order valence-corrected chi connectivity index (χ2v) is 7.04. The molecule has 3 heterocycles. The van der Waals surface area contributed by atoms with Crippen LogP contribution in [0.2, 0.25) is 5.02 Å². The molecule has 4 aromatic rings. The van der Waals surface area contributed by atoms with Crippen molar-refractivity contribution >= 4 is 46.0 Å². The summed E-state index contributed by atoms with van der Waals surface area (Å²) in [5.41, 5.74) is 1.97. The smallest absolute Gasteiger partial charge is 0.339 e. The number of carboxylic acid groups (broad SMARTS) is 1. The zero-order valence-electron chi connectivity index (χ0n) is 15.7. The minimum atomic E-state index is -1.12. The molecule has 0 radical (unpaired) electrons. The molecule has 0 saturated carbocycles. The second kappa shape index (κ2) is 8.89. The van der Waals surface area contributed by atoms with Crippen LogP contribution in [0.4, 0.5) is 5.69 Å². The summed E-state index contributed by atoms with van der Waals surface area (Å²) < 4.78 is 1.58. The van der Waals surface area contributed by atoms with Crippen molar-refractivity contribution in [1.29, 1.82) is 0 Å². The standard InChI is InChI=1S/C19H12ClN3O3S.C2H6/c20-12-6-4-11(5-7-12)17-16(19(25)26)15(10-27-17)21-18(24)14-9-13-3-1-2-8-23(13)22-14;1-2/h1-10H,(H,21,24)(H,25,26);1-2H3. The van der Waals surface area contributed by atoms with Crippen LogP contribution in [0.3, 0.4) is 0 Å². The van der Waals surface area contributed by atoms with Crippen molar-refractivity contribution < 1.29 is 14.7 Å². The molecular weight excluding hydrogens is 410 g/mol. The Morgan fingerprint density at radius 2 is 1.86 bits per heavy atom. The van der Waals surface area contributed by atoms with Crippen molar-refractivity contribution in [2.24, 2.45) is 0 Å². The van der Waals surface area contributed by atoms with Crippen molar-refractivity contribution in [3.8, 4) is 10.4 Å². The maximum Gasteiger partial charge on any atom is 0.339 e. The number of thiophene rings is 1. The van der Waals surface area contributed by atoms with Gasteiger partial charge in [0, 0.05) is 16.6 Å². The third-order valence-corrected chi connectivity index (χ3v) is 5.24. The molecule has 0 aliphatic heterocycles. The molecule has 0 aliphatic rings. The summed E-state index contributed by atoms with van der Waals surface area (Å²) in [7, 11) is 0. The molecule has 0 atom stereocenters. The summed E-state index contributed by atoms with van der Waals surface area (Å²) >= 11 is 7.14. The molecule has 0 aliphatic carbocycles. The van der Waals surface area contributed by atoms with E-state index in [1.165, 1.54) is 11.3 Å². The molecule has 0 saturated heterocycles. The van der Waals surface area contributed by atoms with Gasteiger partial charge in [-0.2, -0.15) is 5.10 Å². The van der Waals surface area contributed by atoms with Gasteiger partial charge in [0.1, 0.15) is 5.56 Å². The Morgan fingerprint density at radius 3 is 2.52 bits per heavy atom. The number of carbonyl (C=O) groups excluding carboxylic acids is 1. The van der Waals surface area contributed by atoms with Gasteiger partial charge in [-0.15, -0.1) is 11.3 Å². The predicted octanol–water partition coefficient (Wildman–Crippen LogP) is 5.69. The van der Waals surface area contributed by atoms with E-state index >= 15 is 0 Å². The van der Waals surface area contributed by atoms with E-state index in [1.807, 2.05) is 32.0 Å². The zero-order valence-corrected chi connectivity index (χ0v) is 17.3. The summed E-state index contributed by atoms with van der Waals surface area (Å²) in [6, 6.07) is 14.0. The van der Waals surface area contributed by atoms with E-state index < -0.39 is 11.9 Å². The Hall–Kier alpha value is -3.16. The van der Waals surface area contributed by atoms with Crippen LogP contribution in [-0.4, -0.2) is 26.6 Å². The minimum absolute atomic E-state index is 0.0411. The van der Waals surface area contributed by atoms with Gasteiger partial charge in [0.25, 0.3) is 5.91 Å². The molecule has 0 fully saturated rings. The SMILES string of the molecule is CC.O=C(Nc1csc(-c2ccc(Cl)cc2)c1C(=O)O)c1cc2ccccn2n1. The number of hydrogen-bond donors (Lipinski definition) is 2. The number of anilines is 1. The fourth-order valence-electron chi connectivity index (χ4n) is 2.71. The number of halogens is 1. The average Bonchev–Trinajstić information content (AvgIpc) is 3.34. The molecule has 2 N–H and O–H groups in total. The number of nitrogens with zero attached hydrogens (tertiary/aromatic N) is 2. The van der Waals surface area contributed by atoms with Crippen LogP contribution in [0.5, 0.6) is 0 Å². The van der Waals surface area contributed by atoms with Crippen molar-refractivity contribution in [2.45, 2.75) is 13.8 Å². The summed E-state index contributed by atoms with van der Waals surface area (Å²) in [4.78, 5) is 24.9. The number of aromatic carboxylic acids is 1. The van der Waals surface area contributed by atoms with Crippen molar-refractivity contribution in [2.75, 3.05) is 5.32 Å². The summed E-state index contributed by atoms with van der Waals surface area (Å²) in [5.74, 6) is -1.59. The maximum atomic E-state index is 12.6. The Morgan fingerprint density at radius 1 is 1.14 bits per heavy atom. The fraction of sp³-hybridized carbons (Fsp3) is 0.0952. The molecule has 1 aromatic carbocycles. The molecular formula is C21H18ClN3O3S. The van der Waals surface area contributed by atoms with Crippen LogP contribution >= 0.6 is 22.9 Å². The highest BCUT2D eigenvalue weighted by Crippen LogP contribution is 2.36.